The zero-order valence-corrected chi connectivity index (χ0v) is 17.9. The smallest absolute Gasteiger partial charge is 0.269 e. The number of rotatable bonds is 6. The first kappa shape index (κ1) is 21.7. The summed E-state index contributed by atoms with van der Waals surface area (Å²) in [4.78, 5) is 24.5. The van der Waals surface area contributed by atoms with Crippen molar-refractivity contribution in [2.45, 2.75) is 20.1 Å². The van der Waals surface area contributed by atoms with Gasteiger partial charge in [-0.3, -0.25) is 9.59 Å². The second kappa shape index (κ2) is 9.21. The van der Waals surface area contributed by atoms with Crippen molar-refractivity contribution in [2.75, 3.05) is 7.05 Å². The quantitative estimate of drug-likeness (QED) is 0.580. The molecule has 0 aliphatic carbocycles. The lowest BCUT2D eigenvalue weighted by molar-refractivity contribution is 0.0963. The Morgan fingerprint density at radius 2 is 1.83 bits per heavy atom. The first-order valence-electron chi connectivity index (χ1n) is 9.08. The number of aryl methyl sites for hydroxylation is 1. The van der Waals surface area contributed by atoms with Crippen LogP contribution in [0.4, 0.5) is 8.78 Å². The van der Waals surface area contributed by atoms with Crippen LogP contribution in [0.2, 0.25) is 0 Å². The molecular formula is C22H19BrF2N2O3. The average molecular weight is 477 g/mol. The van der Waals surface area contributed by atoms with E-state index in [-0.39, 0.29) is 33.9 Å². The van der Waals surface area contributed by atoms with Gasteiger partial charge in [0, 0.05) is 36.0 Å². The third-order valence-corrected chi connectivity index (χ3v) is 5.33. The number of aromatic nitrogens is 1. The van der Waals surface area contributed by atoms with Gasteiger partial charge in [-0.25, -0.2) is 8.78 Å². The summed E-state index contributed by atoms with van der Waals surface area (Å²) in [7, 11) is 1.56. The van der Waals surface area contributed by atoms with Gasteiger partial charge >= 0.3 is 0 Å². The highest BCUT2D eigenvalue weighted by Gasteiger charge is 2.14. The van der Waals surface area contributed by atoms with Gasteiger partial charge in [0.05, 0.1) is 6.54 Å². The van der Waals surface area contributed by atoms with Crippen LogP contribution in [0.3, 0.4) is 0 Å². The van der Waals surface area contributed by atoms with Gasteiger partial charge in [0.25, 0.3) is 11.5 Å². The maximum Gasteiger partial charge on any atom is 0.269 e. The van der Waals surface area contributed by atoms with E-state index in [0.29, 0.717) is 17.8 Å². The monoisotopic (exact) mass is 476 g/mol. The number of nitrogens with zero attached hydrogens (tertiary/aromatic N) is 1. The van der Waals surface area contributed by atoms with E-state index in [2.05, 4.69) is 21.2 Å². The standard InChI is InChI=1S/C22H19BrF2N2O3/c1-13-9-19(30-12-16-7-8-17(24)10-18(16)25)20(23)22(29)27(13)11-14-3-5-15(6-4-14)21(28)26-2/h3-10H,11-12H2,1-2H3,(H,26,28). The molecule has 0 aliphatic heterocycles. The van der Waals surface area contributed by atoms with E-state index in [4.69, 9.17) is 4.74 Å². The highest BCUT2D eigenvalue weighted by molar-refractivity contribution is 9.10. The maximum atomic E-state index is 13.8. The van der Waals surface area contributed by atoms with Crippen LogP contribution in [0.5, 0.6) is 5.75 Å². The first-order chi connectivity index (χ1) is 14.3. The lowest BCUT2D eigenvalue weighted by Crippen LogP contribution is -2.24. The van der Waals surface area contributed by atoms with Gasteiger partial charge in [0.15, 0.2) is 0 Å². The molecule has 0 saturated carbocycles. The summed E-state index contributed by atoms with van der Waals surface area (Å²) in [6.45, 7) is 1.93. The van der Waals surface area contributed by atoms with E-state index in [9.17, 15) is 18.4 Å². The summed E-state index contributed by atoms with van der Waals surface area (Å²) >= 11 is 3.26. The molecule has 156 valence electrons. The molecule has 1 amide bonds. The summed E-state index contributed by atoms with van der Waals surface area (Å²) in [6, 6.07) is 11.9. The predicted octanol–water partition coefficient (Wildman–Crippen LogP) is 4.18. The number of carbonyl (C=O) groups is 1. The molecule has 0 spiro atoms. The van der Waals surface area contributed by atoms with E-state index in [0.717, 1.165) is 17.7 Å². The number of halogens is 3. The summed E-state index contributed by atoms with van der Waals surface area (Å²) in [6.07, 6.45) is 0. The third-order valence-electron chi connectivity index (χ3n) is 4.60. The second-order valence-electron chi connectivity index (χ2n) is 6.66. The third kappa shape index (κ3) is 4.76. The number of nitrogens with one attached hydrogen (secondary N) is 1. The van der Waals surface area contributed by atoms with Crippen molar-refractivity contribution >= 4 is 21.8 Å². The van der Waals surface area contributed by atoms with Gasteiger partial charge in [-0.1, -0.05) is 12.1 Å². The molecule has 3 rings (SSSR count). The van der Waals surface area contributed by atoms with Crippen LogP contribution in [-0.4, -0.2) is 17.5 Å². The molecule has 0 saturated heterocycles. The largest absolute Gasteiger partial charge is 0.487 e. The van der Waals surface area contributed by atoms with E-state index in [1.807, 2.05) is 0 Å². The number of hydrogen-bond donors (Lipinski definition) is 1. The van der Waals surface area contributed by atoms with Crippen molar-refractivity contribution in [1.29, 1.82) is 0 Å². The van der Waals surface area contributed by atoms with E-state index < -0.39 is 11.6 Å². The highest BCUT2D eigenvalue weighted by atomic mass is 79.9. The van der Waals surface area contributed by atoms with Gasteiger partial charge in [0.1, 0.15) is 28.5 Å². The van der Waals surface area contributed by atoms with E-state index >= 15 is 0 Å². The highest BCUT2D eigenvalue weighted by Crippen LogP contribution is 2.24. The van der Waals surface area contributed by atoms with Crippen LogP contribution in [0.1, 0.15) is 27.2 Å². The molecule has 1 heterocycles. The number of pyridine rings is 1. The normalized spacial score (nSPS) is 10.7. The summed E-state index contributed by atoms with van der Waals surface area (Å²) < 4.78 is 34.2. The summed E-state index contributed by atoms with van der Waals surface area (Å²) in [5.74, 6) is -1.29. The van der Waals surface area contributed by atoms with Crippen LogP contribution in [-0.2, 0) is 13.2 Å². The van der Waals surface area contributed by atoms with Crippen LogP contribution in [0.15, 0.2) is 57.8 Å². The molecule has 0 bridgehead atoms. The molecule has 30 heavy (non-hydrogen) atoms. The van der Waals surface area contributed by atoms with Gasteiger partial charge in [-0.2, -0.15) is 0 Å². The molecule has 0 atom stereocenters. The van der Waals surface area contributed by atoms with Crippen LogP contribution in [0.25, 0.3) is 0 Å². The Labute approximate surface area is 180 Å². The number of ether oxygens (including phenoxy) is 1. The Bertz CT molecular complexity index is 1140. The summed E-state index contributed by atoms with van der Waals surface area (Å²) in [5.41, 5.74) is 1.90. The number of benzene rings is 2. The van der Waals surface area contributed by atoms with Crippen molar-refractivity contribution in [3.8, 4) is 5.75 Å². The lowest BCUT2D eigenvalue weighted by atomic mass is 10.1. The molecule has 8 heteroatoms. The Hall–Kier alpha value is -3.00. The topological polar surface area (TPSA) is 60.3 Å². The van der Waals surface area contributed by atoms with E-state index in [1.165, 1.54) is 6.07 Å². The average Bonchev–Trinajstić information content (AvgIpc) is 2.73. The molecular weight excluding hydrogens is 458 g/mol. The fourth-order valence-electron chi connectivity index (χ4n) is 2.90. The van der Waals surface area contributed by atoms with Gasteiger partial charge in [-0.05, 0) is 52.7 Å². The molecule has 2 aromatic carbocycles. The molecule has 0 aliphatic rings. The van der Waals surface area contributed by atoms with Gasteiger partial charge < -0.3 is 14.6 Å². The number of amides is 1. The zero-order chi connectivity index (χ0) is 21.8. The number of carbonyl (C=O) groups excluding carboxylic acids is 1. The minimum atomic E-state index is -0.712. The molecule has 0 unspecified atom stereocenters. The van der Waals surface area contributed by atoms with E-state index in [1.54, 1.807) is 48.9 Å². The fraction of sp³-hybridized carbons (Fsp3) is 0.182. The van der Waals surface area contributed by atoms with Crippen LogP contribution < -0.4 is 15.6 Å². The SMILES string of the molecule is CNC(=O)c1ccc(Cn2c(C)cc(OCc3ccc(F)cc3F)c(Br)c2=O)cc1. The number of hydrogen-bond acceptors (Lipinski definition) is 3. The van der Waals surface area contributed by atoms with Crippen molar-refractivity contribution in [1.82, 2.24) is 9.88 Å². The molecule has 1 aromatic heterocycles. The minimum Gasteiger partial charge on any atom is -0.487 e. The fourth-order valence-corrected chi connectivity index (χ4v) is 3.34. The van der Waals surface area contributed by atoms with Gasteiger partial charge in [-0.15, -0.1) is 0 Å². The predicted molar refractivity (Wildman–Crippen MR) is 113 cm³/mol. The molecule has 5 nitrogen and oxygen atoms in total. The molecule has 3 aromatic rings. The van der Waals surface area contributed by atoms with Crippen molar-refractivity contribution in [3.63, 3.8) is 0 Å². The van der Waals surface area contributed by atoms with Gasteiger partial charge in [0.2, 0.25) is 0 Å². The second-order valence-corrected chi connectivity index (χ2v) is 7.45. The maximum absolute atomic E-state index is 13.8. The Morgan fingerprint density at radius 3 is 2.47 bits per heavy atom. The first-order valence-corrected chi connectivity index (χ1v) is 9.87. The van der Waals surface area contributed by atoms with Crippen LogP contribution >= 0.6 is 15.9 Å². The minimum absolute atomic E-state index is 0.144. The molecule has 0 fully saturated rings. The van der Waals surface area contributed by atoms with Crippen molar-refractivity contribution in [2.24, 2.45) is 0 Å². The van der Waals surface area contributed by atoms with Crippen molar-refractivity contribution in [3.05, 3.63) is 97.4 Å². The summed E-state index contributed by atoms with van der Waals surface area (Å²) in [5, 5.41) is 2.56. The molecule has 1 N–H and O–H groups in total. The Kier molecular flexibility index (Phi) is 6.66. The zero-order valence-electron chi connectivity index (χ0n) is 16.3. The van der Waals surface area contributed by atoms with Crippen molar-refractivity contribution < 1.29 is 18.3 Å². The lowest BCUT2D eigenvalue weighted by Gasteiger charge is -2.15. The molecule has 0 radical (unpaired) electrons. The Balaban J connectivity index is 1.80. The Morgan fingerprint density at radius 1 is 1.13 bits per heavy atom. The van der Waals surface area contributed by atoms with Crippen LogP contribution in [0, 0.1) is 18.6 Å².